The molecule has 1 N–H and O–H groups in total. The van der Waals surface area contributed by atoms with Crippen LogP contribution in [0, 0.1) is 0 Å². The van der Waals surface area contributed by atoms with E-state index in [2.05, 4.69) is 45.5 Å². The maximum Gasteiger partial charge on any atom is 0.0620 e. The fourth-order valence-electron chi connectivity index (χ4n) is 2.85. The van der Waals surface area contributed by atoms with Crippen molar-refractivity contribution in [1.82, 2.24) is 5.32 Å². The first-order valence-electron chi connectivity index (χ1n) is 6.44. The first kappa shape index (κ1) is 12.6. The summed E-state index contributed by atoms with van der Waals surface area (Å²) in [4.78, 5) is 0. The third-order valence-corrected chi connectivity index (χ3v) is 4.53. The summed E-state index contributed by atoms with van der Waals surface area (Å²) < 4.78 is 12.2. The number of hydrogen-bond acceptors (Lipinski definition) is 3. The van der Waals surface area contributed by atoms with Crippen LogP contribution in [0.2, 0.25) is 0 Å². The van der Waals surface area contributed by atoms with E-state index in [1.807, 2.05) is 0 Å². The van der Waals surface area contributed by atoms with Gasteiger partial charge < -0.3 is 14.8 Å². The molecule has 0 amide bonds. The van der Waals surface area contributed by atoms with Gasteiger partial charge in [0.15, 0.2) is 0 Å². The van der Waals surface area contributed by atoms with Crippen LogP contribution in [0.3, 0.4) is 0 Å². The number of benzene rings is 1. The van der Waals surface area contributed by atoms with Gasteiger partial charge in [-0.3, -0.25) is 0 Å². The molecule has 2 aliphatic rings. The Bertz CT molecular complexity index is 414. The minimum Gasteiger partial charge on any atom is -0.379 e. The second kappa shape index (κ2) is 5.29. The molecule has 18 heavy (non-hydrogen) atoms. The summed E-state index contributed by atoms with van der Waals surface area (Å²) in [5.74, 6) is 0. The van der Waals surface area contributed by atoms with Crippen LogP contribution in [0.15, 0.2) is 28.7 Å². The summed E-state index contributed by atoms with van der Waals surface area (Å²) in [5, 5.41) is 3.54. The molecule has 1 unspecified atom stereocenters. The number of halogens is 1. The summed E-state index contributed by atoms with van der Waals surface area (Å²) in [7, 11) is 0. The maximum atomic E-state index is 5.55. The van der Waals surface area contributed by atoms with E-state index >= 15 is 0 Å². The maximum absolute atomic E-state index is 5.55. The van der Waals surface area contributed by atoms with Crippen LogP contribution in [0.1, 0.15) is 12.0 Å². The Morgan fingerprint density at radius 1 is 1.28 bits per heavy atom. The van der Waals surface area contributed by atoms with Crippen LogP contribution >= 0.6 is 15.9 Å². The molecule has 1 aromatic carbocycles. The van der Waals surface area contributed by atoms with Gasteiger partial charge in [-0.15, -0.1) is 0 Å². The van der Waals surface area contributed by atoms with Crippen molar-refractivity contribution in [3.05, 3.63) is 34.3 Å². The standard InChI is InChI=1S/C14H18BrNO2/c15-13-4-2-1-3-12(13)14(9-18-10-14)7-11-8-17-6-5-16-11/h1-4,11,16H,5-10H2. The Balaban J connectivity index is 1.79. The summed E-state index contributed by atoms with van der Waals surface area (Å²) in [6.45, 7) is 4.22. The molecule has 3 rings (SSSR count). The summed E-state index contributed by atoms with van der Waals surface area (Å²) in [6, 6.07) is 8.92. The van der Waals surface area contributed by atoms with Crippen molar-refractivity contribution < 1.29 is 9.47 Å². The molecule has 3 nitrogen and oxygen atoms in total. The molecule has 2 heterocycles. The molecule has 2 fully saturated rings. The summed E-state index contributed by atoms with van der Waals surface area (Å²) in [6.07, 6.45) is 1.08. The van der Waals surface area contributed by atoms with Crippen molar-refractivity contribution in [3.8, 4) is 0 Å². The lowest BCUT2D eigenvalue weighted by molar-refractivity contribution is -0.0756. The molecule has 1 atom stereocenters. The third-order valence-electron chi connectivity index (χ3n) is 3.84. The highest BCUT2D eigenvalue weighted by atomic mass is 79.9. The van der Waals surface area contributed by atoms with Crippen LogP contribution in [0.5, 0.6) is 0 Å². The van der Waals surface area contributed by atoms with E-state index in [4.69, 9.17) is 9.47 Å². The molecule has 0 bridgehead atoms. The smallest absolute Gasteiger partial charge is 0.0620 e. The molecule has 4 heteroatoms. The number of rotatable bonds is 3. The van der Waals surface area contributed by atoms with Crippen molar-refractivity contribution in [2.75, 3.05) is 33.0 Å². The quantitative estimate of drug-likeness (QED) is 0.927. The fraction of sp³-hybridized carbons (Fsp3) is 0.571. The highest BCUT2D eigenvalue weighted by Gasteiger charge is 2.43. The normalized spacial score (nSPS) is 26.6. The van der Waals surface area contributed by atoms with E-state index in [0.717, 1.165) is 39.4 Å². The van der Waals surface area contributed by atoms with Crippen molar-refractivity contribution >= 4 is 15.9 Å². The van der Waals surface area contributed by atoms with Crippen LogP contribution in [-0.4, -0.2) is 39.0 Å². The van der Waals surface area contributed by atoms with Gasteiger partial charge in [-0.2, -0.15) is 0 Å². The Kier molecular flexibility index (Phi) is 3.71. The largest absolute Gasteiger partial charge is 0.379 e. The topological polar surface area (TPSA) is 30.5 Å². The molecule has 0 saturated carbocycles. The highest BCUT2D eigenvalue weighted by molar-refractivity contribution is 9.10. The van der Waals surface area contributed by atoms with E-state index in [-0.39, 0.29) is 5.41 Å². The lowest BCUT2D eigenvalue weighted by Gasteiger charge is -2.45. The molecule has 0 aliphatic carbocycles. The minimum absolute atomic E-state index is 0.151. The Morgan fingerprint density at radius 2 is 2.11 bits per heavy atom. The van der Waals surface area contributed by atoms with E-state index < -0.39 is 0 Å². The lowest BCUT2D eigenvalue weighted by atomic mass is 9.74. The van der Waals surface area contributed by atoms with Crippen molar-refractivity contribution in [2.24, 2.45) is 0 Å². The minimum atomic E-state index is 0.151. The fourth-order valence-corrected chi connectivity index (χ4v) is 3.55. The summed E-state index contributed by atoms with van der Waals surface area (Å²) in [5.41, 5.74) is 1.52. The predicted molar refractivity (Wildman–Crippen MR) is 73.9 cm³/mol. The number of nitrogens with one attached hydrogen (secondary N) is 1. The second-order valence-electron chi connectivity index (χ2n) is 5.18. The van der Waals surface area contributed by atoms with Gasteiger partial charge in [-0.1, -0.05) is 34.1 Å². The van der Waals surface area contributed by atoms with Gasteiger partial charge in [0.05, 0.1) is 26.4 Å². The molecule has 0 aromatic heterocycles. The van der Waals surface area contributed by atoms with Gasteiger partial charge >= 0.3 is 0 Å². The van der Waals surface area contributed by atoms with Gasteiger partial charge in [0.25, 0.3) is 0 Å². The van der Waals surface area contributed by atoms with Crippen molar-refractivity contribution in [2.45, 2.75) is 17.9 Å². The van der Waals surface area contributed by atoms with E-state index in [9.17, 15) is 0 Å². The van der Waals surface area contributed by atoms with Gasteiger partial charge in [-0.25, -0.2) is 0 Å². The Hall–Kier alpha value is -0.420. The SMILES string of the molecule is Brc1ccccc1C1(CC2COCCN2)COC1. The van der Waals surface area contributed by atoms with Gasteiger partial charge in [0.2, 0.25) is 0 Å². The van der Waals surface area contributed by atoms with Crippen molar-refractivity contribution in [1.29, 1.82) is 0 Å². The zero-order valence-corrected chi connectivity index (χ0v) is 11.9. The number of ether oxygens (including phenoxy) is 2. The van der Waals surface area contributed by atoms with Crippen LogP contribution in [-0.2, 0) is 14.9 Å². The average molecular weight is 312 g/mol. The molecule has 0 radical (unpaired) electrons. The molecular formula is C14H18BrNO2. The monoisotopic (exact) mass is 311 g/mol. The molecule has 0 spiro atoms. The first-order valence-corrected chi connectivity index (χ1v) is 7.23. The second-order valence-corrected chi connectivity index (χ2v) is 6.04. The van der Waals surface area contributed by atoms with E-state index in [0.29, 0.717) is 6.04 Å². The van der Waals surface area contributed by atoms with Crippen LogP contribution in [0.25, 0.3) is 0 Å². The molecule has 2 saturated heterocycles. The zero-order valence-electron chi connectivity index (χ0n) is 10.3. The summed E-state index contributed by atoms with van der Waals surface area (Å²) >= 11 is 3.66. The van der Waals surface area contributed by atoms with Crippen molar-refractivity contribution in [3.63, 3.8) is 0 Å². The zero-order chi connectivity index (χ0) is 12.4. The van der Waals surface area contributed by atoms with Gasteiger partial charge in [-0.05, 0) is 18.1 Å². The molecular weight excluding hydrogens is 294 g/mol. The van der Waals surface area contributed by atoms with Crippen LogP contribution < -0.4 is 5.32 Å². The molecule has 98 valence electrons. The number of hydrogen-bond donors (Lipinski definition) is 1. The third kappa shape index (κ3) is 2.35. The molecule has 1 aromatic rings. The first-order chi connectivity index (χ1) is 8.80. The Labute approximate surface area is 116 Å². The van der Waals surface area contributed by atoms with E-state index in [1.54, 1.807) is 0 Å². The van der Waals surface area contributed by atoms with E-state index in [1.165, 1.54) is 10.0 Å². The van der Waals surface area contributed by atoms with Gasteiger partial charge in [0.1, 0.15) is 0 Å². The number of morpholine rings is 1. The Morgan fingerprint density at radius 3 is 2.72 bits per heavy atom. The molecule has 2 aliphatic heterocycles. The average Bonchev–Trinajstić information content (AvgIpc) is 2.36. The highest BCUT2D eigenvalue weighted by Crippen LogP contribution is 2.40. The van der Waals surface area contributed by atoms with Crippen LogP contribution in [0.4, 0.5) is 0 Å². The van der Waals surface area contributed by atoms with Gasteiger partial charge in [0, 0.05) is 22.5 Å². The lowest BCUT2D eigenvalue weighted by Crippen LogP contribution is -2.53. The predicted octanol–water partition coefficient (Wildman–Crippen LogP) is 2.10.